The number of hydrogen-bond donors (Lipinski definition) is 1. The van der Waals surface area contributed by atoms with Crippen molar-refractivity contribution in [2.75, 3.05) is 27.7 Å². The highest BCUT2D eigenvalue weighted by molar-refractivity contribution is 7.12. The number of likely N-dealkylation sites (N-methyl/N-ethyl adjacent to an activating group) is 2. The van der Waals surface area contributed by atoms with E-state index in [0.29, 0.717) is 6.04 Å². The van der Waals surface area contributed by atoms with Crippen molar-refractivity contribution in [2.45, 2.75) is 13.0 Å². The topological polar surface area (TPSA) is 15.3 Å². The van der Waals surface area contributed by atoms with E-state index >= 15 is 0 Å². The normalized spacial score (nSPS) is 13.6. The van der Waals surface area contributed by atoms with E-state index in [1.807, 2.05) is 18.4 Å². The van der Waals surface area contributed by atoms with Crippen LogP contribution in [0.1, 0.15) is 15.8 Å². The summed E-state index contributed by atoms with van der Waals surface area (Å²) in [5.74, 6) is 0. The summed E-state index contributed by atoms with van der Waals surface area (Å²) in [7, 11) is 6.22. The van der Waals surface area contributed by atoms with Crippen LogP contribution in [0.4, 0.5) is 0 Å². The largest absolute Gasteiger partial charge is 0.311 e. The first kappa shape index (κ1) is 10.7. The molecule has 13 heavy (non-hydrogen) atoms. The molecule has 0 radical (unpaired) electrons. The van der Waals surface area contributed by atoms with Crippen molar-refractivity contribution in [2.24, 2.45) is 0 Å². The van der Waals surface area contributed by atoms with Crippen LogP contribution in [0.25, 0.3) is 0 Å². The van der Waals surface area contributed by atoms with Gasteiger partial charge in [0, 0.05) is 16.3 Å². The Balaban J connectivity index is 2.66. The molecule has 0 aliphatic rings. The summed E-state index contributed by atoms with van der Waals surface area (Å²) < 4.78 is 0. The summed E-state index contributed by atoms with van der Waals surface area (Å²) in [6.07, 6.45) is 0. The van der Waals surface area contributed by atoms with Crippen molar-refractivity contribution in [3.05, 3.63) is 21.9 Å². The van der Waals surface area contributed by atoms with Gasteiger partial charge in [-0.25, -0.2) is 0 Å². The summed E-state index contributed by atoms with van der Waals surface area (Å²) >= 11 is 1.87. The molecule has 0 aromatic carbocycles. The van der Waals surface area contributed by atoms with E-state index in [1.54, 1.807) is 0 Å². The average molecular weight is 198 g/mol. The maximum atomic E-state index is 3.33. The molecular weight excluding hydrogens is 180 g/mol. The van der Waals surface area contributed by atoms with Gasteiger partial charge in [0.05, 0.1) is 6.04 Å². The summed E-state index contributed by atoms with van der Waals surface area (Å²) in [5.41, 5.74) is 0. The van der Waals surface area contributed by atoms with E-state index in [2.05, 4.69) is 43.4 Å². The third-order valence-electron chi connectivity index (χ3n) is 2.00. The highest BCUT2D eigenvalue weighted by Crippen LogP contribution is 2.22. The molecular formula is C10H18N2S. The maximum Gasteiger partial charge on any atom is 0.0541 e. The molecule has 1 rings (SSSR count). The molecule has 3 heteroatoms. The summed E-state index contributed by atoms with van der Waals surface area (Å²) in [6.45, 7) is 3.20. The second-order valence-corrected chi connectivity index (χ2v) is 4.87. The Morgan fingerprint density at radius 3 is 2.54 bits per heavy atom. The van der Waals surface area contributed by atoms with Crippen molar-refractivity contribution in [1.29, 1.82) is 0 Å². The Labute approximate surface area is 84.6 Å². The van der Waals surface area contributed by atoms with Gasteiger partial charge in [0.2, 0.25) is 0 Å². The molecule has 0 amide bonds. The van der Waals surface area contributed by atoms with Crippen LogP contribution >= 0.6 is 11.3 Å². The number of nitrogens with zero attached hydrogens (tertiary/aromatic N) is 1. The van der Waals surface area contributed by atoms with Gasteiger partial charge in [0.15, 0.2) is 0 Å². The first-order chi connectivity index (χ1) is 6.13. The molecule has 74 valence electrons. The van der Waals surface area contributed by atoms with E-state index in [1.165, 1.54) is 9.75 Å². The summed E-state index contributed by atoms with van der Waals surface area (Å²) in [4.78, 5) is 5.01. The number of nitrogens with one attached hydrogen (secondary N) is 1. The minimum absolute atomic E-state index is 0.466. The zero-order valence-corrected chi connectivity index (χ0v) is 9.61. The lowest BCUT2D eigenvalue weighted by Crippen LogP contribution is -2.28. The molecule has 0 saturated heterocycles. The lowest BCUT2D eigenvalue weighted by molar-refractivity contribution is 0.355. The number of rotatable bonds is 4. The number of thiophene rings is 1. The van der Waals surface area contributed by atoms with Crippen LogP contribution in [-0.2, 0) is 0 Å². The standard InChI is InChI=1S/C10H18N2S/c1-8-5-6-10(13-8)9(11-2)7-12(3)4/h5-6,9,11H,7H2,1-4H3. The summed E-state index contributed by atoms with van der Waals surface area (Å²) in [6, 6.07) is 4.86. The molecule has 2 nitrogen and oxygen atoms in total. The highest BCUT2D eigenvalue weighted by Gasteiger charge is 2.11. The molecule has 1 aromatic heterocycles. The van der Waals surface area contributed by atoms with E-state index < -0.39 is 0 Å². The fourth-order valence-corrected chi connectivity index (χ4v) is 2.31. The number of aryl methyl sites for hydroxylation is 1. The number of hydrogen-bond acceptors (Lipinski definition) is 3. The van der Waals surface area contributed by atoms with Crippen molar-refractivity contribution >= 4 is 11.3 Å². The van der Waals surface area contributed by atoms with Crippen molar-refractivity contribution in [1.82, 2.24) is 10.2 Å². The third-order valence-corrected chi connectivity index (χ3v) is 3.12. The zero-order valence-electron chi connectivity index (χ0n) is 8.79. The van der Waals surface area contributed by atoms with Gasteiger partial charge in [-0.05, 0) is 40.2 Å². The first-order valence-corrected chi connectivity index (χ1v) is 5.33. The van der Waals surface area contributed by atoms with Gasteiger partial charge < -0.3 is 10.2 Å². The van der Waals surface area contributed by atoms with Crippen molar-refractivity contribution in [3.8, 4) is 0 Å². The minimum atomic E-state index is 0.466. The van der Waals surface area contributed by atoms with E-state index in [4.69, 9.17) is 0 Å². The predicted octanol–water partition coefficient (Wildman–Crippen LogP) is 1.88. The fraction of sp³-hybridized carbons (Fsp3) is 0.600. The molecule has 1 unspecified atom stereocenters. The van der Waals surface area contributed by atoms with E-state index in [0.717, 1.165) is 6.54 Å². The predicted molar refractivity (Wildman–Crippen MR) is 59.4 cm³/mol. The van der Waals surface area contributed by atoms with Gasteiger partial charge in [-0.15, -0.1) is 11.3 Å². The smallest absolute Gasteiger partial charge is 0.0541 e. The van der Waals surface area contributed by atoms with Crippen LogP contribution in [-0.4, -0.2) is 32.6 Å². The average Bonchev–Trinajstić information content (AvgIpc) is 2.47. The van der Waals surface area contributed by atoms with Crippen molar-refractivity contribution in [3.63, 3.8) is 0 Å². The van der Waals surface area contributed by atoms with Crippen LogP contribution in [0.5, 0.6) is 0 Å². The minimum Gasteiger partial charge on any atom is -0.311 e. The molecule has 0 saturated carbocycles. The van der Waals surface area contributed by atoms with Crippen LogP contribution in [0.3, 0.4) is 0 Å². The molecule has 0 aliphatic heterocycles. The second kappa shape index (κ2) is 4.74. The molecule has 0 bridgehead atoms. The Morgan fingerprint density at radius 1 is 1.46 bits per heavy atom. The van der Waals surface area contributed by atoms with Crippen LogP contribution in [0, 0.1) is 6.92 Å². The quantitative estimate of drug-likeness (QED) is 0.794. The molecule has 0 aliphatic carbocycles. The Morgan fingerprint density at radius 2 is 2.15 bits per heavy atom. The highest BCUT2D eigenvalue weighted by atomic mass is 32.1. The monoisotopic (exact) mass is 198 g/mol. The molecule has 0 fully saturated rings. The van der Waals surface area contributed by atoms with E-state index in [9.17, 15) is 0 Å². The molecule has 0 spiro atoms. The third kappa shape index (κ3) is 3.10. The lowest BCUT2D eigenvalue weighted by Gasteiger charge is -2.19. The van der Waals surface area contributed by atoms with Gasteiger partial charge in [0.25, 0.3) is 0 Å². The second-order valence-electron chi connectivity index (χ2n) is 3.55. The molecule has 1 aromatic rings. The summed E-state index contributed by atoms with van der Waals surface area (Å²) in [5, 5.41) is 3.33. The van der Waals surface area contributed by atoms with Gasteiger partial charge in [-0.2, -0.15) is 0 Å². The van der Waals surface area contributed by atoms with Crippen molar-refractivity contribution < 1.29 is 0 Å². The van der Waals surface area contributed by atoms with Crippen LogP contribution in [0.15, 0.2) is 12.1 Å². The van der Waals surface area contributed by atoms with Gasteiger partial charge in [0.1, 0.15) is 0 Å². The molecule has 1 N–H and O–H groups in total. The van der Waals surface area contributed by atoms with Crippen LogP contribution < -0.4 is 5.32 Å². The van der Waals surface area contributed by atoms with Gasteiger partial charge in [-0.1, -0.05) is 0 Å². The molecule has 1 heterocycles. The Hall–Kier alpha value is -0.380. The lowest BCUT2D eigenvalue weighted by atomic mass is 10.2. The van der Waals surface area contributed by atoms with Crippen LogP contribution in [0.2, 0.25) is 0 Å². The van der Waals surface area contributed by atoms with Gasteiger partial charge in [-0.3, -0.25) is 0 Å². The SMILES string of the molecule is CNC(CN(C)C)c1ccc(C)s1. The van der Waals surface area contributed by atoms with Gasteiger partial charge >= 0.3 is 0 Å². The maximum absolute atomic E-state index is 3.33. The fourth-order valence-electron chi connectivity index (χ4n) is 1.33. The molecule has 1 atom stereocenters. The van der Waals surface area contributed by atoms with E-state index in [-0.39, 0.29) is 0 Å². The first-order valence-electron chi connectivity index (χ1n) is 4.52. The Kier molecular flexibility index (Phi) is 3.90. The Bertz CT molecular complexity index is 255. The zero-order chi connectivity index (χ0) is 9.84.